The van der Waals surface area contributed by atoms with Crippen LogP contribution < -0.4 is 15.4 Å². The molecule has 2 heterocycles. The van der Waals surface area contributed by atoms with E-state index in [1.807, 2.05) is 35.9 Å². The number of benzene rings is 1. The van der Waals surface area contributed by atoms with Crippen LogP contribution in [0.4, 0.5) is 17.5 Å². The number of nitrogens with one attached hydrogen (secondary N) is 2. The normalized spacial score (nSPS) is 14.3. The predicted octanol–water partition coefficient (Wildman–Crippen LogP) is 5.27. The van der Waals surface area contributed by atoms with E-state index < -0.39 is 5.97 Å². The summed E-state index contributed by atoms with van der Waals surface area (Å²) in [5.41, 5.74) is 2.46. The van der Waals surface area contributed by atoms with E-state index in [-0.39, 0.29) is 6.42 Å². The number of anilines is 3. The lowest BCUT2D eigenvalue weighted by molar-refractivity contribution is -0.137. The zero-order valence-corrected chi connectivity index (χ0v) is 19.8. The molecule has 0 radical (unpaired) electrons. The number of hydrogen-bond acceptors (Lipinski definition) is 7. The summed E-state index contributed by atoms with van der Waals surface area (Å²) in [5.74, 6) is 1.41. The van der Waals surface area contributed by atoms with Crippen LogP contribution in [-0.4, -0.2) is 43.2 Å². The zero-order valence-electron chi connectivity index (χ0n) is 19.8. The summed E-state index contributed by atoms with van der Waals surface area (Å²) in [6.07, 6.45) is 11.7. The van der Waals surface area contributed by atoms with Crippen molar-refractivity contribution in [3.63, 3.8) is 0 Å². The van der Waals surface area contributed by atoms with Gasteiger partial charge in [-0.05, 0) is 49.9 Å². The van der Waals surface area contributed by atoms with Gasteiger partial charge in [0.2, 0.25) is 5.95 Å². The van der Waals surface area contributed by atoms with E-state index >= 15 is 0 Å². The molecule has 1 fully saturated rings. The van der Waals surface area contributed by atoms with Crippen LogP contribution in [0.3, 0.4) is 0 Å². The lowest BCUT2D eigenvalue weighted by Gasteiger charge is -2.23. The number of carboxylic acids is 1. The number of nitrogens with zero attached hydrogens (tertiary/aromatic N) is 4. The van der Waals surface area contributed by atoms with Gasteiger partial charge in [-0.1, -0.05) is 32.1 Å². The van der Waals surface area contributed by atoms with Crippen molar-refractivity contribution >= 4 is 34.6 Å². The minimum atomic E-state index is -0.730. The fourth-order valence-corrected chi connectivity index (χ4v) is 4.34. The third kappa shape index (κ3) is 6.59. The minimum Gasteiger partial charge on any atom is -0.494 e. The predicted molar refractivity (Wildman–Crippen MR) is 133 cm³/mol. The number of aliphatic carboxylic acids is 1. The van der Waals surface area contributed by atoms with Crippen LogP contribution in [-0.2, 0) is 11.8 Å². The molecule has 1 aliphatic carbocycles. The number of aryl methyl sites for hydroxylation is 1. The van der Waals surface area contributed by atoms with Gasteiger partial charge in [0, 0.05) is 25.2 Å². The van der Waals surface area contributed by atoms with Crippen molar-refractivity contribution in [2.45, 2.75) is 70.3 Å². The molecule has 1 aromatic carbocycles. The van der Waals surface area contributed by atoms with Crippen molar-refractivity contribution in [3.8, 4) is 5.75 Å². The lowest BCUT2D eigenvalue weighted by atomic mass is 9.95. The van der Waals surface area contributed by atoms with Gasteiger partial charge < -0.3 is 25.0 Å². The van der Waals surface area contributed by atoms with Crippen molar-refractivity contribution < 1.29 is 14.6 Å². The number of rotatable bonds is 12. The Morgan fingerprint density at radius 2 is 1.85 bits per heavy atom. The summed E-state index contributed by atoms with van der Waals surface area (Å²) < 4.78 is 7.77. The maximum atomic E-state index is 10.5. The van der Waals surface area contributed by atoms with Gasteiger partial charge in [0.05, 0.1) is 12.9 Å². The monoisotopic (exact) mass is 466 g/mol. The van der Waals surface area contributed by atoms with Gasteiger partial charge in [0.25, 0.3) is 0 Å². The van der Waals surface area contributed by atoms with Gasteiger partial charge in [-0.2, -0.15) is 9.97 Å². The summed E-state index contributed by atoms with van der Waals surface area (Å²) >= 11 is 0. The number of carboxylic acid groups (broad SMARTS) is 1. The van der Waals surface area contributed by atoms with E-state index in [1.54, 1.807) is 6.33 Å². The van der Waals surface area contributed by atoms with Gasteiger partial charge in [0.1, 0.15) is 11.3 Å². The Morgan fingerprint density at radius 3 is 2.62 bits per heavy atom. The van der Waals surface area contributed by atoms with E-state index in [0.717, 1.165) is 61.3 Å². The number of aromatic nitrogens is 4. The van der Waals surface area contributed by atoms with Gasteiger partial charge >= 0.3 is 5.97 Å². The quantitative estimate of drug-likeness (QED) is 0.310. The van der Waals surface area contributed by atoms with Crippen LogP contribution >= 0.6 is 0 Å². The Kier molecular flexibility index (Phi) is 8.17. The molecule has 0 spiro atoms. The number of imidazole rings is 1. The van der Waals surface area contributed by atoms with Crippen LogP contribution in [0.2, 0.25) is 0 Å². The second-order valence-electron chi connectivity index (χ2n) is 8.96. The lowest BCUT2D eigenvalue weighted by Crippen LogP contribution is -2.23. The number of hydrogen-bond donors (Lipinski definition) is 3. The van der Waals surface area contributed by atoms with Crippen molar-refractivity contribution in [1.29, 1.82) is 0 Å². The molecule has 2 aromatic heterocycles. The second kappa shape index (κ2) is 11.7. The Hall–Kier alpha value is -3.36. The summed E-state index contributed by atoms with van der Waals surface area (Å²) in [7, 11) is 1.96. The highest BCUT2D eigenvalue weighted by molar-refractivity contribution is 5.85. The summed E-state index contributed by atoms with van der Waals surface area (Å²) in [5, 5.41) is 15.6. The average Bonchev–Trinajstić information content (AvgIpc) is 3.21. The molecule has 4 rings (SSSR count). The summed E-state index contributed by atoms with van der Waals surface area (Å²) in [4.78, 5) is 24.3. The maximum absolute atomic E-state index is 10.5. The van der Waals surface area contributed by atoms with Crippen LogP contribution in [0.25, 0.3) is 11.2 Å². The van der Waals surface area contributed by atoms with Crippen LogP contribution in [0.15, 0.2) is 30.6 Å². The largest absolute Gasteiger partial charge is 0.494 e. The highest BCUT2D eigenvalue weighted by atomic mass is 16.5. The molecular weight excluding hydrogens is 432 g/mol. The molecule has 3 N–H and O–H groups in total. The Morgan fingerprint density at radius 1 is 1.09 bits per heavy atom. The molecule has 0 unspecified atom stereocenters. The number of ether oxygens (including phenoxy) is 1. The first-order valence-corrected chi connectivity index (χ1v) is 12.3. The Labute approximate surface area is 200 Å². The molecule has 0 amide bonds. The van der Waals surface area contributed by atoms with Crippen LogP contribution in [0.1, 0.15) is 64.2 Å². The van der Waals surface area contributed by atoms with E-state index in [4.69, 9.17) is 14.8 Å². The minimum absolute atomic E-state index is 0.241. The molecule has 1 saturated carbocycles. The molecule has 182 valence electrons. The van der Waals surface area contributed by atoms with Gasteiger partial charge in [-0.25, -0.2) is 4.98 Å². The number of fused-ring (bicyclic) bond motifs is 1. The van der Waals surface area contributed by atoms with Gasteiger partial charge in [0.15, 0.2) is 11.5 Å². The van der Waals surface area contributed by atoms with Gasteiger partial charge in [-0.3, -0.25) is 4.79 Å². The third-order valence-electron chi connectivity index (χ3n) is 6.18. The van der Waals surface area contributed by atoms with Crippen molar-refractivity contribution in [2.75, 3.05) is 17.2 Å². The molecule has 0 bridgehead atoms. The molecule has 3 aromatic rings. The highest BCUT2D eigenvalue weighted by Gasteiger charge is 2.18. The first-order chi connectivity index (χ1) is 16.6. The van der Waals surface area contributed by atoms with Crippen LogP contribution in [0, 0.1) is 0 Å². The van der Waals surface area contributed by atoms with Crippen molar-refractivity contribution in [1.82, 2.24) is 19.5 Å². The second-order valence-corrected chi connectivity index (χ2v) is 8.96. The average molecular weight is 467 g/mol. The van der Waals surface area contributed by atoms with Crippen molar-refractivity contribution in [3.05, 3.63) is 30.6 Å². The summed E-state index contributed by atoms with van der Waals surface area (Å²) in [6.45, 7) is 0.621. The van der Waals surface area contributed by atoms with E-state index in [0.29, 0.717) is 24.2 Å². The molecule has 34 heavy (non-hydrogen) atoms. The Balaban J connectivity index is 1.33. The molecule has 9 nitrogen and oxygen atoms in total. The fourth-order valence-electron chi connectivity index (χ4n) is 4.34. The Bertz CT molecular complexity index is 1080. The number of unbranched alkanes of at least 4 members (excludes halogenated alkanes) is 3. The number of carbonyl (C=O) groups is 1. The SMILES string of the molecule is Cn1cnc2nc(Nc3ccc(OCCCCCCC(=O)O)cc3)nc(NC3CCCCC3)c21. The molecule has 0 saturated heterocycles. The van der Waals surface area contributed by atoms with E-state index in [9.17, 15) is 4.79 Å². The summed E-state index contributed by atoms with van der Waals surface area (Å²) in [6, 6.07) is 8.17. The van der Waals surface area contributed by atoms with Crippen molar-refractivity contribution in [2.24, 2.45) is 7.05 Å². The molecule has 0 aliphatic heterocycles. The molecular formula is C25H34N6O3. The zero-order chi connectivity index (χ0) is 23.8. The van der Waals surface area contributed by atoms with Gasteiger partial charge in [-0.15, -0.1) is 0 Å². The highest BCUT2D eigenvalue weighted by Crippen LogP contribution is 2.27. The maximum Gasteiger partial charge on any atom is 0.303 e. The first kappa shape index (κ1) is 23.8. The van der Waals surface area contributed by atoms with E-state index in [1.165, 1.54) is 19.3 Å². The first-order valence-electron chi connectivity index (χ1n) is 12.3. The molecule has 0 atom stereocenters. The fraction of sp³-hybridized carbons (Fsp3) is 0.520. The van der Waals surface area contributed by atoms with E-state index in [2.05, 4.69) is 20.6 Å². The smallest absolute Gasteiger partial charge is 0.303 e. The van der Waals surface area contributed by atoms with Crippen LogP contribution in [0.5, 0.6) is 5.75 Å². The standard InChI is InChI=1S/C25H34N6O3/c1-31-17-26-23-22(31)24(27-18-9-5-4-6-10-18)30-25(29-23)28-19-12-14-20(15-13-19)34-16-8-3-2-7-11-21(32)33/h12-15,17-18H,2-11,16H2,1H3,(H,32,33)(H2,27,28,29,30). The molecule has 9 heteroatoms. The molecule has 1 aliphatic rings. The topological polar surface area (TPSA) is 114 Å². The third-order valence-corrected chi connectivity index (χ3v) is 6.18.